The molecule has 0 unspecified atom stereocenters. The Balaban J connectivity index is 1.63. The number of hydrogen-bond acceptors (Lipinski definition) is 4. The van der Waals surface area contributed by atoms with Gasteiger partial charge in [0.15, 0.2) is 0 Å². The number of ether oxygens (including phenoxy) is 3. The molecule has 0 amide bonds. The Hall–Kier alpha value is -3.27. The fraction of sp³-hybridized carbons (Fsp3) is 0.233. The molecule has 5 heteroatoms. The predicted octanol–water partition coefficient (Wildman–Crippen LogP) is 6.53. The third kappa shape index (κ3) is 6.24. The molecular formula is C30H30O4Se. The number of methoxy groups -OCH3 is 2. The standard InChI is InChI=1S/C30H30O4Se/c1-30(2,3)34-28(31)17-10-20-6-8-21(9-7-20)18-26-25-16-15-24(33-5)19-27(25)35-29(26)22-11-13-23(32-4)14-12-22/h6-17,19H,18H2,1-5H3/b17-10+. The average Bonchev–Trinajstić information content (AvgIpc) is 3.20. The minimum absolute atomic E-state index is 0.184. The first-order chi connectivity index (χ1) is 16.8. The number of benzene rings is 3. The van der Waals surface area contributed by atoms with Crippen LogP contribution in [-0.2, 0) is 16.0 Å². The molecule has 0 N–H and O–H groups in total. The number of hydrogen-bond donors (Lipinski definition) is 0. The zero-order valence-electron chi connectivity index (χ0n) is 20.8. The van der Waals surface area contributed by atoms with Gasteiger partial charge < -0.3 is 0 Å². The molecule has 0 saturated carbocycles. The van der Waals surface area contributed by atoms with Crippen LogP contribution in [0, 0.1) is 0 Å². The summed E-state index contributed by atoms with van der Waals surface area (Å²) in [5.41, 5.74) is 4.27. The molecule has 0 bridgehead atoms. The number of rotatable bonds is 7. The summed E-state index contributed by atoms with van der Waals surface area (Å²) < 4.78 is 18.9. The van der Waals surface area contributed by atoms with Gasteiger partial charge in [-0.15, -0.1) is 0 Å². The maximum absolute atomic E-state index is 12.0. The monoisotopic (exact) mass is 534 g/mol. The fourth-order valence-electron chi connectivity index (χ4n) is 3.86. The van der Waals surface area contributed by atoms with Crippen molar-refractivity contribution in [3.05, 3.63) is 89.5 Å². The van der Waals surface area contributed by atoms with E-state index < -0.39 is 5.60 Å². The Kier molecular flexibility index (Phi) is 7.49. The van der Waals surface area contributed by atoms with Crippen molar-refractivity contribution in [2.45, 2.75) is 32.8 Å². The van der Waals surface area contributed by atoms with Crippen LogP contribution in [0.15, 0.2) is 72.8 Å². The SMILES string of the molecule is COc1ccc(-c2[se]c3cc(OC)ccc3c2Cc2ccc(/C=C/C(=O)OC(C)(C)C)cc2)cc1. The number of esters is 1. The van der Waals surface area contributed by atoms with Crippen molar-refractivity contribution < 1.29 is 19.0 Å². The van der Waals surface area contributed by atoms with E-state index in [0.717, 1.165) is 23.5 Å². The number of carbonyl (C=O) groups excluding carboxylic acids is 1. The van der Waals surface area contributed by atoms with E-state index in [2.05, 4.69) is 36.4 Å². The zero-order valence-corrected chi connectivity index (χ0v) is 22.5. The number of fused-ring (bicyclic) bond motifs is 1. The quantitative estimate of drug-likeness (QED) is 0.154. The van der Waals surface area contributed by atoms with Crippen molar-refractivity contribution in [3.63, 3.8) is 0 Å². The molecule has 4 nitrogen and oxygen atoms in total. The molecule has 4 rings (SSSR count). The van der Waals surface area contributed by atoms with E-state index in [9.17, 15) is 4.79 Å². The van der Waals surface area contributed by atoms with Crippen molar-refractivity contribution in [2.24, 2.45) is 0 Å². The van der Waals surface area contributed by atoms with E-state index >= 15 is 0 Å². The molecule has 1 aromatic heterocycles. The van der Waals surface area contributed by atoms with E-state index in [0.29, 0.717) is 0 Å². The second-order valence-corrected chi connectivity index (χ2v) is 11.5. The second-order valence-electron chi connectivity index (χ2n) is 9.29. The Labute approximate surface area is 212 Å². The molecule has 0 fully saturated rings. The summed E-state index contributed by atoms with van der Waals surface area (Å²) in [5.74, 6) is 1.41. The van der Waals surface area contributed by atoms with Gasteiger partial charge in [0.2, 0.25) is 0 Å². The first-order valence-electron chi connectivity index (χ1n) is 11.5. The van der Waals surface area contributed by atoms with Gasteiger partial charge in [-0.25, -0.2) is 0 Å². The molecule has 3 aromatic carbocycles. The van der Waals surface area contributed by atoms with Crippen LogP contribution in [0.3, 0.4) is 0 Å². The average molecular weight is 534 g/mol. The van der Waals surface area contributed by atoms with Crippen molar-refractivity contribution >= 4 is 36.2 Å². The normalized spacial score (nSPS) is 11.7. The second kappa shape index (κ2) is 10.6. The Morgan fingerprint density at radius 2 is 1.54 bits per heavy atom. The molecular weight excluding hydrogens is 503 g/mol. The molecule has 0 saturated heterocycles. The van der Waals surface area contributed by atoms with Gasteiger partial charge in [-0.3, -0.25) is 0 Å². The van der Waals surface area contributed by atoms with Crippen LogP contribution in [-0.4, -0.2) is 40.3 Å². The summed E-state index contributed by atoms with van der Waals surface area (Å²) in [5, 5.41) is 1.30. The van der Waals surface area contributed by atoms with Crippen LogP contribution in [0.5, 0.6) is 11.5 Å². The van der Waals surface area contributed by atoms with Gasteiger partial charge in [0.1, 0.15) is 0 Å². The Morgan fingerprint density at radius 1 is 0.886 bits per heavy atom. The van der Waals surface area contributed by atoms with Gasteiger partial charge in [-0.1, -0.05) is 0 Å². The molecule has 1 heterocycles. The molecule has 4 aromatic rings. The van der Waals surface area contributed by atoms with Crippen LogP contribution < -0.4 is 9.47 Å². The van der Waals surface area contributed by atoms with Gasteiger partial charge in [0, 0.05) is 0 Å². The molecule has 0 aliphatic heterocycles. The van der Waals surface area contributed by atoms with Crippen molar-refractivity contribution in [1.29, 1.82) is 0 Å². The molecule has 0 aliphatic carbocycles. The van der Waals surface area contributed by atoms with Gasteiger partial charge >= 0.3 is 192 Å². The minimum atomic E-state index is -0.496. The van der Waals surface area contributed by atoms with Crippen molar-refractivity contribution in [3.8, 4) is 21.5 Å². The van der Waals surface area contributed by atoms with Crippen LogP contribution >= 0.6 is 0 Å². The summed E-state index contributed by atoms with van der Waals surface area (Å²) in [6.07, 6.45) is 4.10. The van der Waals surface area contributed by atoms with E-state index in [1.54, 1.807) is 20.3 Å². The van der Waals surface area contributed by atoms with Crippen LogP contribution in [0.1, 0.15) is 37.5 Å². The summed E-state index contributed by atoms with van der Waals surface area (Å²) in [4.78, 5) is 12.0. The Morgan fingerprint density at radius 3 is 2.17 bits per heavy atom. The molecule has 0 spiro atoms. The zero-order chi connectivity index (χ0) is 25.0. The summed E-state index contributed by atoms with van der Waals surface area (Å²) in [6, 6.07) is 23.0. The summed E-state index contributed by atoms with van der Waals surface area (Å²) in [6.45, 7) is 5.59. The third-order valence-corrected chi connectivity index (χ3v) is 8.14. The summed E-state index contributed by atoms with van der Waals surface area (Å²) in [7, 11) is 3.40. The molecule has 0 atom stereocenters. The van der Waals surface area contributed by atoms with Gasteiger partial charge in [0.25, 0.3) is 0 Å². The number of carbonyl (C=O) groups is 1. The van der Waals surface area contributed by atoms with Gasteiger partial charge in [-0.05, 0) is 20.8 Å². The molecule has 35 heavy (non-hydrogen) atoms. The van der Waals surface area contributed by atoms with Crippen molar-refractivity contribution in [2.75, 3.05) is 14.2 Å². The summed E-state index contributed by atoms with van der Waals surface area (Å²) >= 11 is 0.184. The predicted molar refractivity (Wildman–Crippen MR) is 144 cm³/mol. The van der Waals surface area contributed by atoms with E-state index in [4.69, 9.17) is 14.2 Å². The first kappa shape index (κ1) is 24.8. The fourth-order valence-corrected chi connectivity index (χ4v) is 6.49. The van der Waals surface area contributed by atoms with Crippen LogP contribution in [0.25, 0.3) is 25.7 Å². The molecule has 0 radical (unpaired) electrons. The maximum atomic E-state index is 12.0. The first-order valence-corrected chi connectivity index (χ1v) is 13.2. The van der Waals surface area contributed by atoms with Crippen molar-refractivity contribution in [1.82, 2.24) is 0 Å². The van der Waals surface area contributed by atoms with Gasteiger partial charge in [-0.2, -0.15) is 0 Å². The van der Waals surface area contributed by atoms with Crippen LogP contribution in [0.2, 0.25) is 0 Å². The topological polar surface area (TPSA) is 44.8 Å². The Bertz CT molecular complexity index is 1340. The molecule has 0 aliphatic rings. The third-order valence-electron chi connectivity index (χ3n) is 5.53. The van der Waals surface area contributed by atoms with E-state index in [-0.39, 0.29) is 20.5 Å². The van der Waals surface area contributed by atoms with E-state index in [1.165, 1.54) is 36.9 Å². The molecule has 180 valence electrons. The van der Waals surface area contributed by atoms with E-state index in [1.807, 2.05) is 51.1 Å². The van der Waals surface area contributed by atoms with Crippen LogP contribution in [0.4, 0.5) is 0 Å². The van der Waals surface area contributed by atoms with Gasteiger partial charge in [0.05, 0.1) is 0 Å².